The molecular formula is C14H22N4O5. The maximum atomic E-state index is 11.8. The zero-order valence-electron chi connectivity index (χ0n) is 13.5. The molecule has 0 bridgehead atoms. The molecule has 1 fully saturated rings. The molecule has 23 heavy (non-hydrogen) atoms. The molecule has 128 valence electrons. The van der Waals surface area contributed by atoms with Crippen LogP contribution in [0, 0.1) is 0 Å². The van der Waals surface area contributed by atoms with Crippen molar-refractivity contribution in [3.8, 4) is 0 Å². The Labute approximate surface area is 133 Å². The number of ether oxygens (including phenoxy) is 2. The zero-order chi connectivity index (χ0) is 17.0. The van der Waals surface area contributed by atoms with Gasteiger partial charge in [0.05, 0.1) is 18.3 Å². The number of rotatable bonds is 4. The van der Waals surface area contributed by atoms with Crippen LogP contribution in [0.3, 0.4) is 0 Å². The molecule has 0 atom stereocenters. The van der Waals surface area contributed by atoms with Crippen molar-refractivity contribution in [3.63, 3.8) is 0 Å². The zero-order valence-corrected chi connectivity index (χ0v) is 13.5. The highest BCUT2D eigenvalue weighted by Gasteiger charge is 2.26. The van der Waals surface area contributed by atoms with E-state index < -0.39 is 17.7 Å². The lowest BCUT2D eigenvalue weighted by Gasteiger charge is -2.24. The highest BCUT2D eigenvalue weighted by molar-refractivity contribution is 5.86. The van der Waals surface area contributed by atoms with Gasteiger partial charge in [-0.25, -0.2) is 14.3 Å². The SMILES string of the molecule is CC(C)(C)OC(=O)NCc1c(C(=O)O)nnn1C1CCOCC1. The van der Waals surface area contributed by atoms with E-state index in [0.29, 0.717) is 18.9 Å². The molecule has 0 aromatic carbocycles. The fourth-order valence-electron chi connectivity index (χ4n) is 2.34. The van der Waals surface area contributed by atoms with Crippen molar-refractivity contribution in [2.24, 2.45) is 0 Å². The van der Waals surface area contributed by atoms with Gasteiger partial charge in [0.1, 0.15) is 5.60 Å². The first-order valence-corrected chi connectivity index (χ1v) is 7.50. The summed E-state index contributed by atoms with van der Waals surface area (Å²) in [6.07, 6.45) is 0.831. The molecule has 0 spiro atoms. The van der Waals surface area contributed by atoms with Crippen LogP contribution in [0.1, 0.15) is 55.8 Å². The molecule has 2 rings (SSSR count). The number of nitrogens with zero attached hydrogens (tertiary/aromatic N) is 3. The van der Waals surface area contributed by atoms with Crippen LogP contribution in [0.2, 0.25) is 0 Å². The molecule has 1 saturated heterocycles. The predicted molar refractivity (Wildman–Crippen MR) is 79.1 cm³/mol. The maximum Gasteiger partial charge on any atom is 0.407 e. The minimum absolute atomic E-state index is 0.0130. The Bertz CT molecular complexity index is 572. The number of carboxylic acids is 1. The summed E-state index contributed by atoms with van der Waals surface area (Å²) in [7, 11) is 0. The summed E-state index contributed by atoms with van der Waals surface area (Å²) in [5, 5.41) is 19.5. The predicted octanol–water partition coefficient (Wildman–Crippen LogP) is 1.35. The molecule has 0 radical (unpaired) electrons. The van der Waals surface area contributed by atoms with Gasteiger partial charge in [0.15, 0.2) is 5.69 Å². The molecule has 2 N–H and O–H groups in total. The Morgan fingerprint density at radius 3 is 2.61 bits per heavy atom. The van der Waals surface area contributed by atoms with Crippen LogP contribution >= 0.6 is 0 Å². The lowest BCUT2D eigenvalue weighted by Crippen LogP contribution is -2.33. The molecule has 0 aliphatic carbocycles. The first-order valence-electron chi connectivity index (χ1n) is 7.50. The van der Waals surface area contributed by atoms with Crippen LogP contribution < -0.4 is 5.32 Å². The quantitative estimate of drug-likeness (QED) is 0.858. The summed E-state index contributed by atoms with van der Waals surface area (Å²) in [6.45, 7) is 6.42. The lowest BCUT2D eigenvalue weighted by molar-refractivity contribution is 0.0512. The van der Waals surface area contributed by atoms with Gasteiger partial charge in [-0.3, -0.25) is 0 Å². The van der Waals surface area contributed by atoms with Gasteiger partial charge in [-0.15, -0.1) is 5.10 Å². The van der Waals surface area contributed by atoms with Crippen LogP contribution in [-0.2, 0) is 16.0 Å². The van der Waals surface area contributed by atoms with Crippen molar-refractivity contribution in [1.29, 1.82) is 0 Å². The standard InChI is InChI=1S/C14H22N4O5/c1-14(2,3)23-13(21)15-8-10-11(12(19)20)16-17-18(10)9-4-6-22-7-5-9/h9H,4-8H2,1-3H3,(H,15,21)(H,19,20). The molecule has 1 amide bonds. The number of carbonyl (C=O) groups excluding carboxylic acids is 1. The topological polar surface area (TPSA) is 116 Å². The Balaban J connectivity index is 2.13. The van der Waals surface area contributed by atoms with Gasteiger partial charge in [0, 0.05) is 13.2 Å². The molecule has 1 aromatic heterocycles. The van der Waals surface area contributed by atoms with E-state index in [-0.39, 0.29) is 18.3 Å². The van der Waals surface area contributed by atoms with Crippen LogP contribution in [0.5, 0.6) is 0 Å². The summed E-state index contributed by atoms with van der Waals surface area (Å²) >= 11 is 0. The van der Waals surface area contributed by atoms with Crippen molar-refractivity contribution in [2.75, 3.05) is 13.2 Å². The third kappa shape index (κ3) is 4.65. The van der Waals surface area contributed by atoms with Crippen molar-refractivity contribution < 1.29 is 24.2 Å². The molecule has 0 saturated carbocycles. The number of aromatic nitrogens is 3. The van der Waals surface area contributed by atoms with E-state index in [2.05, 4.69) is 15.6 Å². The second kappa shape index (κ2) is 6.95. The Morgan fingerprint density at radius 1 is 1.39 bits per heavy atom. The van der Waals surface area contributed by atoms with Crippen LogP contribution in [0.25, 0.3) is 0 Å². The molecule has 9 nitrogen and oxygen atoms in total. The van der Waals surface area contributed by atoms with E-state index >= 15 is 0 Å². The molecule has 9 heteroatoms. The van der Waals surface area contributed by atoms with Gasteiger partial charge in [-0.2, -0.15) is 0 Å². The normalized spacial score (nSPS) is 16.1. The average Bonchev–Trinajstić information content (AvgIpc) is 2.88. The van der Waals surface area contributed by atoms with E-state index in [1.54, 1.807) is 25.5 Å². The van der Waals surface area contributed by atoms with Gasteiger partial charge >= 0.3 is 12.1 Å². The summed E-state index contributed by atoms with van der Waals surface area (Å²) in [5.74, 6) is -1.18. The highest BCUT2D eigenvalue weighted by atomic mass is 16.6. The van der Waals surface area contributed by atoms with Gasteiger partial charge in [0.2, 0.25) is 0 Å². The maximum absolute atomic E-state index is 11.8. The Kier molecular flexibility index (Phi) is 5.19. The minimum atomic E-state index is -1.18. The number of hydrogen-bond donors (Lipinski definition) is 2. The second-order valence-electron chi connectivity index (χ2n) is 6.33. The van der Waals surface area contributed by atoms with Gasteiger partial charge in [-0.05, 0) is 33.6 Å². The minimum Gasteiger partial charge on any atom is -0.476 e. The smallest absolute Gasteiger partial charge is 0.407 e. The van der Waals surface area contributed by atoms with Gasteiger partial charge < -0.3 is 19.9 Å². The van der Waals surface area contributed by atoms with E-state index in [0.717, 1.165) is 12.8 Å². The number of amides is 1. The number of carboxylic acid groups (broad SMARTS) is 1. The number of carbonyl (C=O) groups is 2. The van der Waals surface area contributed by atoms with E-state index in [9.17, 15) is 14.7 Å². The molecule has 1 aliphatic heterocycles. The largest absolute Gasteiger partial charge is 0.476 e. The molecule has 1 aliphatic rings. The molecule has 1 aromatic rings. The number of alkyl carbamates (subject to hydrolysis) is 1. The third-order valence-corrected chi connectivity index (χ3v) is 3.33. The van der Waals surface area contributed by atoms with E-state index in [1.165, 1.54) is 0 Å². The monoisotopic (exact) mass is 326 g/mol. The fourth-order valence-corrected chi connectivity index (χ4v) is 2.34. The Hall–Kier alpha value is -2.16. The Morgan fingerprint density at radius 2 is 2.04 bits per heavy atom. The van der Waals surface area contributed by atoms with Crippen LogP contribution in [-0.4, -0.2) is 51.0 Å². The third-order valence-electron chi connectivity index (χ3n) is 3.33. The molecular weight excluding hydrogens is 304 g/mol. The van der Waals surface area contributed by atoms with Gasteiger partial charge in [0.25, 0.3) is 0 Å². The van der Waals surface area contributed by atoms with Crippen LogP contribution in [0.15, 0.2) is 0 Å². The van der Waals surface area contributed by atoms with Crippen molar-refractivity contribution >= 4 is 12.1 Å². The number of nitrogens with one attached hydrogen (secondary N) is 1. The molecule has 2 heterocycles. The van der Waals surface area contributed by atoms with Crippen LogP contribution in [0.4, 0.5) is 4.79 Å². The second-order valence-corrected chi connectivity index (χ2v) is 6.33. The lowest BCUT2D eigenvalue weighted by atomic mass is 10.1. The molecule has 0 unspecified atom stereocenters. The first-order chi connectivity index (χ1) is 10.8. The summed E-state index contributed by atoms with van der Waals surface area (Å²) in [6, 6.07) is 0.0137. The van der Waals surface area contributed by atoms with Crippen molar-refractivity contribution in [2.45, 2.75) is 51.8 Å². The van der Waals surface area contributed by atoms with Crippen molar-refractivity contribution in [3.05, 3.63) is 11.4 Å². The number of hydrogen-bond acceptors (Lipinski definition) is 6. The highest BCUT2D eigenvalue weighted by Crippen LogP contribution is 2.22. The van der Waals surface area contributed by atoms with E-state index in [1.807, 2.05) is 0 Å². The average molecular weight is 326 g/mol. The summed E-state index contributed by atoms with van der Waals surface area (Å²) < 4.78 is 12.0. The summed E-state index contributed by atoms with van der Waals surface area (Å²) in [5.41, 5.74) is -0.429. The van der Waals surface area contributed by atoms with Gasteiger partial charge in [-0.1, -0.05) is 5.21 Å². The fraction of sp³-hybridized carbons (Fsp3) is 0.714. The summed E-state index contributed by atoms with van der Waals surface area (Å²) in [4.78, 5) is 23.1. The number of aromatic carboxylic acids is 1. The van der Waals surface area contributed by atoms with E-state index in [4.69, 9.17) is 9.47 Å². The van der Waals surface area contributed by atoms with Crippen molar-refractivity contribution in [1.82, 2.24) is 20.3 Å². The first kappa shape index (κ1) is 17.2.